The van der Waals surface area contributed by atoms with Crippen molar-refractivity contribution in [2.24, 2.45) is 0 Å². The highest BCUT2D eigenvalue weighted by Gasteiger charge is 2.16. The van der Waals surface area contributed by atoms with E-state index in [0.29, 0.717) is 38.8 Å². The number of carbonyl (C=O) groups excluding carboxylic acids is 1. The lowest BCUT2D eigenvalue weighted by Gasteiger charge is -2.06. The summed E-state index contributed by atoms with van der Waals surface area (Å²) < 4.78 is 16.6. The Morgan fingerprint density at radius 3 is 2.89 bits per heavy atom. The van der Waals surface area contributed by atoms with Crippen LogP contribution in [0.5, 0.6) is 0 Å². The van der Waals surface area contributed by atoms with Crippen LogP contribution in [-0.4, -0.2) is 49.1 Å². The summed E-state index contributed by atoms with van der Waals surface area (Å²) in [5, 5.41) is 0. The van der Waals surface area contributed by atoms with Gasteiger partial charge in [-0.05, 0) is 6.92 Å². The van der Waals surface area contributed by atoms with Crippen LogP contribution in [0.2, 0.25) is 0 Å². The molecule has 0 fully saturated rings. The first-order valence-electron chi connectivity index (χ1n) is 5.75. The predicted molar refractivity (Wildman–Crippen MR) is 65.3 cm³/mol. The molecule has 7 heteroatoms. The van der Waals surface area contributed by atoms with E-state index in [-0.39, 0.29) is 5.69 Å². The van der Waals surface area contributed by atoms with E-state index in [0.717, 1.165) is 0 Å². The van der Waals surface area contributed by atoms with Gasteiger partial charge >= 0.3 is 5.97 Å². The average molecular weight is 257 g/mol. The zero-order valence-electron chi connectivity index (χ0n) is 10.7. The van der Waals surface area contributed by atoms with Crippen LogP contribution in [-0.2, 0) is 20.8 Å². The minimum absolute atomic E-state index is 0.147. The number of rotatable bonds is 8. The SMILES string of the molecule is CCOC(=O)c1ncn(CCOCCOC)c1N. The third-order valence-electron chi connectivity index (χ3n) is 2.26. The van der Waals surface area contributed by atoms with Crippen molar-refractivity contribution in [1.82, 2.24) is 9.55 Å². The summed E-state index contributed by atoms with van der Waals surface area (Å²) in [6.07, 6.45) is 1.50. The molecular weight excluding hydrogens is 238 g/mol. The Balaban J connectivity index is 2.45. The van der Waals surface area contributed by atoms with Crippen LogP contribution < -0.4 is 5.73 Å². The van der Waals surface area contributed by atoms with Crippen molar-refractivity contribution in [3.05, 3.63) is 12.0 Å². The molecule has 0 bridgehead atoms. The maximum Gasteiger partial charge on any atom is 0.360 e. The first-order chi connectivity index (χ1) is 8.70. The molecule has 0 saturated carbocycles. The topological polar surface area (TPSA) is 88.6 Å². The van der Waals surface area contributed by atoms with Gasteiger partial charge in [-0.3, -0.25) is 0 Å². The Morgan fingerprint density at radius 2 is 2.22 bits per heavy atom. The minimum Gasteiger partial charge on any atom is -0.461 e. The minimum atomic E-state index is -0.506. The van der Waals surface area contributed by atoms with E-state index < -0.39 is 5.97 Å². The summed E-state index contributed by atoms with van der Waals surface area (Å²) in [6.45, 7) is 4.11. The van der Waals surface area contributed by atoms with E-state index in [9.17, 15) is 4.79 Å². The van der Waals surface area contributed by atoms with Gasteiger partial charge in [-0.25, -0.2) is 9.78 Å². The Bertz CT molecular complexity index is 378. The molecule has 0 aliphatic heterocycles. The molecule has 0 spiro atoms. The number of imidazole rings is 1. The van der Waals surface area contributed by atoms with E-state index in [4.69, 9.17) is 19.9 Å². The van der Waals surface area contributed by atoms with Gasteiger partial charge in [0.15, 0.2) is 5.69 Å². The van der Waals surface area contributed by atoms with Crippen LogP contribution in [0.25, 0.3) is 0 Å². The molecule has 0 aliphatic rings. The molecule has 0 radical (unpaired) electrons. The van der Waals surface area contributed by atoms with Gasteiger partial charge < -0.3 is 24.5 Å². The van der Waals surface area contributed by atoms with Crippen molar-refractivity contribution in [1.29, 1.82) is 0 Å². The molecule has 0 atom stereocenters. The molecule has 102 valence electrons. The molecule has 1 heterocycles. The second-order valence-electron chi connectivity index (χ2n) is 3.50. The number of nitrogen functional groups attached to an aromatic ring is 1. The van der Waals surface area contributed by atoms with E-state index in [1.165, 1.54) is 6.33 Å². The fourth-order valence-corrected chi connectivity index (χ4v) is 1.33. The second kappa shape index (κ2) is 7.67. The molecule has 18 heavy (non-hydrogen) atoms. The number of nitrogens with two attached hydrogens (primary N) is 1. The van der Waals surface area contributed by atoms with E-state index in [1.807, 2.05) is 0 Å². The van der Waals surface area contributed by atoms with E-state index in [1.54, 1.807) is 18.6 Å². The lowest BCUT2D eigenvalue weighted by molar-refractivity contribution is 0.0521. The van der Waals surface area contributed by atoms with Crippen molar-refractivity contribution in [3.8, 4) is 0 Å². The number of aromatic nitrogens is 2. The number of ether oxygens (including phenoxy) is 3. The Morgan fingerprint density at radius 1 is 1.44 bits per heavy atom. The Hall–Kier alpha value is -1.60. The average Bonchev–Trinajstić information content (AvgIpc) is 2.71. The fourth-order valence-electron chi connectivity index (χ4n) is 1.33. The molecule has 0 aromatic carbocycles. The lowest BCUT2D eigenvalue weighted by atomic mass is 10.4. The van der Waals surface area contributed by atoms with Gasteiger partial charge in [0.25, 0.3) is 0 Å². The van der Waals surface area contributed by atoms with Crippen molar-refractivity contribution in [3.63, 3.8) is 0 Å². The third-order valence-corrected chi connectivity index (χ3v) is 2.26. The van der Waals surface area contributed by atoms with Crippen LogP contribution in [0.4, 0.5) is 5.82 Å². The normalized spacial score (nSPS) is 10.6. The van der Waals surface area contributed by atoms with Gasteiger partial charge in [0.2, 0.25) is 0 Å². The number of hydrogen-bond acceptors (Lipinski definition) is 6. The van der Waals surface area contributed by atoms with Gasteiger partial charge in [0.05, 0.1) is 32.8 Å². The molecule has 0 amide bonds. The second-order valence-corrected chi connectivity index (χ2v) is 3.50. The first-order valence-corrected chi connectivity index (χ1v) is 5.75. The van der Waals surface area contributed by atoms with Crippen molar-refractivity contribution in [2.45, 2.75) is 13.5 Å². The molecule has 0 saturated heterocycles. The van der Waals surface area contributed by atoms with Crippen molar-refractivity contribution < 1.29 is 19.0 Å². The van der Waals surface area contributed by atoms with Gasteiger partial charge in [0, 0.05) is 13.7 Å². The Kier molecular flexibility index (Phi) is 6.16. The predicted octanol–water partition coefficient (Wildman–Crippen LogP) is 0.305. The van der Waals surface area contributed by atoms with Crippen LogP contribution in [0.3, 0.4) is 0 Å². The monoisotopic (exact) mass is 257 g/mol. The smallest absolute Gasteiger partial charge is 0.360 e. The number of methoxy groups -OCH3 is 1. The lowest BCUT2D eigenvalue weighted by Crippen LogP contribution is -2.13. The number of nitrogens with zero attached hydrogens (tertiary/aromatic N) is 2. The van der Waals surface area contributed by atoms with Gasteiger partial charge in [-0.2, -0.15) is 0 Å². The molecule has 1 aromatic heterocycles. The highest BCUT2D eigenvalue weighted by molar-refractivity contribution is 5.92. The highest BCUT2D eigenvalue weighted by Crippen LogP contribution is 2.11. The largest absolute Gasteiger partial charge is 0.461 e. The number of esters is 1. The standard InChI is InChI=1S/C11H19N3O4/c1-3-18-11(15)9-10(12)14(8-13-9)4-5-17-7-6-16-2/h8H,3-7,12H2,1-2H3. The third kappa shape index (κ3) is 4.01. The summed E-state index contributed by atoms with van der Waals surface area (Å²) in [5.41, 5.74) is 5.94. The summed E-state index contributed by atoms with van der Waals surface area (Å²) >= 11 is 0. The molecule has 0 unspecified atom stereocenters. The van der Waals surface area contributed by atoms with E-state index >= 15 is 0 Å². The first kappa shape index (κ1) is 14.5. The van der Waals surface area contributed by atoms with Crippen LogP contribution in [0.1, 0.15) is 17.4 Å². The molecule has 1 rings (SSSR count). The molecule has 2 N–H and O–H groups in total. The number of anilines is 1. The van der Waals surface area contributed by atoms with Gasteiger partial charge in [-0.1, -0.05) is 0 Å². The number of hydrogen-bond donors (Lipinski definition) is 1. The summed E-state index contributed by atoms with van der Waals surface area (Å²) in [5.74, 6) is -0.210. The summed E-state index contributed by atoms with van der Waals surface area (Å²) in [6, 6.07) is 0. The quantitative estimate of drug-likeness (QED) is 0.532. The maximum atomic E-state index is 11.5. The zero-order chi connectivity index (χ0) is 13.4. The van der Waals surface area contributed by atoms with Gasteiger partial charge in [-0.15, -0.1) is 0 Å². The Labute approximate surface area is 106 Å². The van der Waals surface area contributed by atoms with E-state index in [2.05, 4.69) is 4.98 Å². The van der Waals surface area contributed by atoms with Crippen molar-refractivity contribution in [2.75, 3.05) is 39.3 Å². The van der Waals surface area contributed by atoms with Crippen LogP contribution in [0, 0.1) is 0 Å². The molecule has 1 aromatic rings. The number of carbonyl (C=O) groups is 1. The molecule has 0 aliphatic carbocycles. The summed E-state index contributed by atoms with van der Waals surface area (Å²) in [4.78, 5) is 15.4. The van der Waals surface area contributed by atoms with Crippen LogP contribution in [0.15, 0.2) is 6.33 Å². The molecular formula is C11H19N3O4. The van der Waals surface area contributed by atoms with Gasteiger partial charge in [0.1, 0.15) is 5.82 Å². The highest BCUT2D eigenvalue weighted by atomic mass is 16.5. The summed E-state index contributed by atoms with van der Waals surface area (Å²) in [7, 11) is 1.61. The zero-order valence-corrected chi connectivity index (χ0v) is 10.7. The van der Waals surface area contributed by atoms with Crippen molar-refractivity contribution >= 4 is 11.8 Å². The maximum absolute atomic E-state index is 11.5. The molecule has 7 nitrogen and oxygen atoms in total. The van der Waals surface area contributed by atoms with Crippen LogP contribution >= 0.6 is 0 Å². The fraction of sp³-hybridized carbons (Fsp3) is 0.636.